The Labute approximate surface area is 177 Å². The van der Waals surface area contributed by atoms with Crippen LogP contribution in [0, 0.1) is 0 Å². The minimum Gasteiger partial charge on any atom is -0.503 e. The zero-order valence-electron chi connectivity index (χ0n) is 15.3. The lowest BCUT2D eigenvalue weighted by Gasteiger charge is -2.14. The van der Waals surface area contributed by atoms with Crippen molar-refractivity contribution < 1.29 is 19.4 Å². The molecular formula is C20H18ClNO4S2. The van der Waals surface area contributed by atoms with Gasteiger partial charge in [-0.15, -0.1) is 0 Å². The first kappa shape index (κ1) is 20.5. The van der Waals surface area contributed by atoms with Gasteiger partial charge in [0, 0.05) is 0 Å². The number of rotatable bonds is 6. The van der Waals surface area contributed by atoms with Gasteiger partial charge in [0.2, 0.25) is 0 Å². The van der Waals surface area contributed by atoms with Crippen molar-refractivity contribution in [2.75, 3.05) is 13.7 Å². The van der Waals surface area contributed by atoms with Crippen molar-refractivity contribution >= 4 is 51.9 Å². The number of carbonyl (C=O) groups excluding carboxylic acids is 1. The van der Waals surface area contributed by atoms with Crippen LogP contribution in [0.1, 0.15) is 18.1 Å². The topological polar surface area (TPSA) is 59.0 Å². The van der Waals surface area contributed by atoms with Crippen molar-refractivity contribution in [1.82, 2.24) is 4.90 Å². The third-order valence-electron chi connectivity index (χ3n) is 4.02. The normalized spacial score (nSPS) is 15.4. The van der Waals surface area contributed by atoms with E-state index >= 15 is 0 Å². The minimum absolute atomic E-state index is 0.118. The molecule has 3 rings (SSSR count). The molecule has 5 nitrogen and oxygen atoms in total. The molecule has 0 saturated carbocycles. The van der Waals surface area contributed by atoms with Crippen LogP contribution in [0.2, 0.25) is 5.02 Å². The number of thiocarbonyl (C=S) groups is 1. The second kappa shape index (κ2) is 8.86. The Morgan fingerprint density at radius 1 is 1.29 bits per heavy atom. The Morgan fingerprint density at radius 3 is 2.64 bits per heavy atom. The molecule has 1 saturated heterocycles. The highest BCUT2D eigenvalue weighted by Crippen LogP contribution is 2.38. The molecule has 1 aliphatic heterocycles. The lowest BCUT2D eigenvalue weighted by molar-refractivity contribution is -0.122. The number of halogens is 1. The van der Waals surface area contributed by atoms with Crippen molar-refractivity contribution in [3.05, 3.63) is 57.5 Å². The Bertz CT molecular complexity index is 944. The largest absolute Gasteiger partial charge is 0.503 e. The van der Waals surface area contributed by atoms with Crippen LogP contribution in [0.3, 0.4) is 0 Å². The van der Waals surface area contributed by atoms with Gasteiger partial charge in [-0.2, -0.15) is 0 Å². The van der Waals surface area contributed by atoms with Crippen LogP contribution >= 0.6 is 35.6 Å². The number of methoxy groups -OCH3 is 1. The van der Waals surface area contributed by atoms with Crippen molar-refractivity contribution in [1.29, 1.82) is 0 Å². The minimum atomic E-state index is -0.173. The molecule has 0 aromatic heterocycles. The zero-order chi connectivity index (χ0) is 20.3. The molecule has 1 amide bonds. The Morgan fingerprint density at radius 2 is 2.00 bits per heavy atom. The van der Waals surface area contributed by atoms with Gasteiger partial charge >= 0.3 is 0 Å². The number of phenolic OH excluding ortho intramolecular Hbond substituents is 1. The maximum Gasteiger partial charge on any atom is 0.266 e. The van der Waals surface area contributed by atoms with E-state index < -0.39 is 0 Å². The van der Waals surface area contributed by atoms with Crippen molar-refractivity contribution in [3.63, 3.8) is 0 Å². The predicted molar refractivity (Wildman–Crippen MR) is 116 cm³/mol. The zero-order valence-corrected chi connectivity index (χ0v) is 17.7. The van der Waals surface area contributed by atoms with E-state index in [0.29, 0.717) is 27.9 Å². The number of phenols is 1. The van der Waals surface area contributed by atoms with Gasteiger partial charge in [-0.3, -0.25) is 9.69 Å². The molecular weight excluding hydrogens is 418 g/mol. The molecule has 1 fully saturated rings. The Hall–Kier alpha value is -2.22. The third kappa shape index (κ3) is 4.43. The molecule has 146 valence electrons. The van der Waals surface area contributed by atoms with Gasteiger partial charge in [-0.05, 0) is 48.4 Å². The highest BCUT2D eigenvalue weighted by molar-refractivity contribution is 8.26. The lowest BCUT2D eigenvalue weighted by Crippen LogP contribution is -2.27. The molecule has 0 unspecified atom stereocenters. The molecule has 1 heterocycles. The molecule has 2 aromatic rings. The Balaban J connectivity index is 1.82. The first-order valence-corrected chi connectivity index (χ1v) is 10.1. The van der Waals surface area contributed by atoms with Crippen molar-refractivity contribution in [2.45, 2.75) is 13.5 Å². The molecule has 8 heteroatoms. The number of ether oxygens (including phenoxy) is 2. The summed E-state index contributed by atoms with van der Waals surface area (Å²) in [6, 6.07) is 10.7. The summed E-state index contributed by atoms with van der Waals surface area (Å²) in [6.45, 7) is 2.58. The summed E-state index contributed by atoms with van der Waals surface area (Å²) in [5, 5.41) is 10.1. The fourth-order valence-corrected chi connectivity index (χ4v) is 4.12. The monoisotopic (exact) mass is 435 g/mol. The Kier molecular flexibility index (Phi) is 6.49. The number of amides is 1. The van der Waals surface area contributed by atoms with E-state index in [9.17, 15) is 9.90 Å². The van der Waals surface area contributed by atoms with E-state index in [1.165, 1.54) is 11.8 Å². The van der Waals surface area contributed by atoms with E-state index in [1.807, 2.05) is 31.2 Å². The van der Waals surface area contributed by atoms with Gasteiger partial charge in [0.1, 0.15) is 10.1 Å². The van der Waals surface area contributed by atoms with Gasteiger partial charge in [0.15, 0.2) is 11.5 Å². The van der Waals surface area contributed by atoms with Gasteiger partial charge in [-0.25, -0.2) is 0 Å². The van der Waals surface area contributed by atoms with Crippen molar-refractivity contribution in [2.24, 2.45) is 0 Å². The smallest absolute Gasteiger partial charge is 0.266 e. The molecule has 0 aliphatic carbocycles. The van der Waals surface area contributed by atoms with Crippen LogP contribution in [-0.4, -0.2) is 34.0 Å². The van der Waals surface area contributed by atoms with Gasteiger partial charge in [0.05, 0.1) is 30.2 Å². The molecule has 2 aromatic carbocycles. The summed E-state index contributed by atoms with van der Waals surface area (Å²) < 4.78 is 11.0. The second-order valence-corrected chi connectivity index (χ2v) is 7.98. The van der Waals surface area contributed by atoms with Crippen LogP contribution in [0.15, 0.2) is 41.3 Å². The second-order valence-electron chi connectivity index (χ2n) is 5.90. The molecule has 0 spiro atoms. The number of aromatic hydroxyl groups is 1. The van der Waals surface area contributed by atoms with E-state index in [-0.39, 0.29) is 22.4 Å². The number of hydrogen-bond acceptors (Lipinski definition) is 6. The molecule has 0 atom stereocenters. The van der Waals surface area contributed by atoms with Crippen LogP contribution in [-0.2, 0) is 11.3 Å². The standard InChI is InChI=1S/C20H18ClNO4S2/c1-3-26-16-9-13(8-15(21)18(16)23)10-17-19(24)22(20(27)28-17)11-12-4-6-14(25-2)7-5-12/h4-10,23H,3,11H2,1-2H3/b17-10-. The maximum absolute atomic E-state index is 12.8. The first-order chi connectivity index (χ1) is 13.4. The lowest BCUT2D eigenvalue weighted by atomic mass is 10.1. The number of benzene rings is 2. The van der Waals surface area contributed by atoms with Crippen molar-refractivity contribution in [3.8, 4) is 17.2 Å². The van der Waals surface area contributed by atoms with Crippen LogP contribution in [0.5, 0.6) is 17.2 Å². The highest BCUT2D eigenvalue weighted by atomic mass is 35.5. The van der Waals surface area contributed by atoms with E-state index in [0.717, 1.165) is 11.3 Å². The average molecular weight is 436 g/mol. The van der Waals surface area contributed by atoms with Crippen LogP contribution < -0.4 is 9.47 Å². The highest BCUT2D eigenvalue weighted by Gasteiger charge is 2.32. The van der Waals surface area contributed by atoms with Gasteiger partial charge < -0.3 is 14.6 Å². The van der Waals surface area contributed by atoms with Crippen LogP contribution in [0.25, 0.3) is 6.08 Å². The van der Waals surface area contributed by atoms with E-state index in [1.54, 1.807) is 30.2 Å². The molecule has 0 radical (unpaired) electrons. The summed E-state index contributed by atoms with van der Waals surface area (Å²) in [6.07, 6.45) is 1.70. The predicted octanol–water partition coefficient (Wildman–Crippen LogP) is 4.85. The molecule has 1 N–H and O–H groups in total. The molecule has 1 aliphatic rings. The number of nitrogens with zero attached hydrogens (tertiary/aromatic N) is 1. The van der Waals surface area contributed by atoms with Gasteiger partial charge in [-0.1, -0.05) is 47.7 Å². The molecule has 0 bridgehead atoms. The maximum atomic E-state index is 12.8. The number of hydrogen-bond donors (Lipinski definition) is 1. The first-order valence-electron chi connectivity index (χ1n) is 8.46. The SMILES string of the molecule is CCOc1cc(/C=C2\SC(=S)N(Cc3ccc(OC)cc3)C2=O)cc(Cl)c1O. The average Bonchev–Trinajstić information content (AvgIpc) is 2.94. The fraction of sp³-hybridized carbons (Fsp3) is 0.200. The fourth-order valence-electron chi connectivity index (χ4n) is 2.64. The van der Waals surface area contributed by atoms with E-state index in [4.69, 9.17) is 33.3 Å². The summed E-state index contributed by atoms with van der Waals surface area (Å²) in [5.41, 5.74) is 1.60. The van der Waals surface area contributed by atoms with Crippen LogP contribution in [0.4, 0.5) is 0 Å². The summed E-state index contributed by atoms with van der Waals surface area (Å²) in [5.74, 6) is 0.735. The third-order valence-corrected chi connectivity index (χ3v) is 5.69. The summed E-state index contributed by atoms with van der Waals surface area (Å²) >= 11 is 12.7. The van der Waals surface area contributed by atoms with Gasteiger partial charge in [0.25, 0.3) is 5.91 Å². The number of thioether (sulfide) groups is 1. The number of carbonyl (C=O) groups is 1. The summed E-state index contributed by atoms with van der Waals surface area (Å²) in [4.78, 5) is 14.9. The van der Waals surface area contributed by atoms with E-state index in [2.05, 4.69) is 0 Å². The molecule has 28 heavy (non-hydrogen) atoms. The summed E-state index contributed by atoms with van der Waals surface area (Å²) in [7, 11) is 1.61. The quantitative estimate of drug-likeness (QED) is 0.516.